The van der Waals surface area contributed by atoms with Gasteiger partial charge in [0.05, 0.1) is 21.5 Å². The highest BCUT2D eigenvalue weighted by Crippen LogP contribution is 2.65. The molecule has 28 heavy (non-hydrogen) atoms. The monoisotopic (exact) mass is 386 g/mol. The van der Waals surface area contributed by atoms with Crippen LogP contribution >= 0.6 is 0 Å². The number of carbonyl (C=O) groups excluding carboxylic acids is 1. The molecule has 2 saturated carbocycles. The van der Waals surface area contributed by atoms with Gasteiger partial charge in [0.25, 0.3) is 11.4 Å². The molecule has 0 spiro atoms. The third-order valence-electron chi connectivity index (χ3n) is 6.91. The summed E-state index contributed by atoms with van der Waals surface area (Å²) >= 11 is 0. The number of nitrogens with zero attached hydrogens (tertiary/aromatic N) is 2. The fraction of sp³-hybridized carbons (Fsp3) is 0.550. The van der Waals surface area contributed by atoms with Gasteiger partial charge in [0.15, 0.2) is 0 Å². The lowest BCUT2D eigenvalue weighted by atomic mass is 9.51. The summed E-state index contributed by atoms with van der Waals surface area (Å²) in [5, 5.41) is 22.2. The number of hydrogen-bond donors (Lipinski definition) is 0. The van der Waals surface area contributed by atoms with Gasteiger partial charge in [-0.3, -0.25) is 20.2 Å². The third kappa shape index (κ3) is 2.78. The Bertz CT molecular complexity index is 833. The molecule has 3 aliphatic rings. The Morgan fingerprint density at radius 2 is 1.46 bits per heavy atom. The number of allylic oxidation sites excluding steroid dienone is 1. The number of ether oxygens (including phenoxy) is 1. The van der Waals surface area contributed by atoms with Crippen LogP contribution in [0.1, 0.15) is 61.7 Å². The molecular weight excluding hydrogens is 364 g/mol. The van der Waals surface area contributed by atoms with Crippen LogP contribution in [0.5, 0.6) is 0 Å². The molecule has 0 heterocycles. The van der Waals surface area contributed by atoms with Crippen LogP contribution in [0, 0.1) is 31.1 Å². The first kappa shape index (κ1) is 18.6. The summed E-state index contributed by atoms with van der Waals surface area (Å²) in [4.78, 5) is 33.5. The van der Waals surface area contributed by atoms with Gasteiger partial charge in [-0.15, -0.1) is 0 Å². The molecule has 0 unspecified atom stereocenters. The quantitative estimate of drug-likeness (QED) is 0.320. The smallest absolute Gasteiger partial charge is 0.339 e. The first-order valence-electron chi connectivity index (χ1n) is 9.71. The van der Waals surface area contributed by atoms with E-state index in [4.69, 9.17) is 4.74 Å². The Morgan fingerprint density at radius 1 is 0.929 bits per heavy atom. The van der Waals surface area contributed by atoms with Crippen LogP contribution in [0.4, 0.5) is 11.4 Å². The van der Waals surface area contributed by atoms with E-state index < -0.39 is 27.2 Å². The maximum atomic E-state index is 12.8. The lowest BCUT2D eigenvalue weighted by Crippen LogP contribution is -2.50. The summed E-state index contributed by atoms with van der Waals surface area (Å²) in [6, 6.07) is 2.93. The van der Waals surface area contributed by atoms with Crippen LogP contribution in [0.3, 0.4) is 0 Å². The van der Waals surface area contributed by atoms with E-state index >= 15 is 0 Å². The van der Waals surface area contributed by atoms with E-state index in [9.17, 15) is 25.0 Å². The molecule has 0 aliphatic heterocycles. The molecule has 8 heteroatoms. The summed E-state index contributed by atoms with van der Waals surface area (Å²) in [7, 11) is 0. The van der Waals surface area contributed by atoms with Crippen LogP contribution in [0.2, 0.25) is 0 Å². The minimum atomic E-state index is -0.747. The second kappa shape index (κ2) is 6.68. The number of benzene rings is 1. The zero-order chi connectivity index (χ0) is 19.9. The lowest BCUT2D eigenvalue weighted by Gasteiger charge is -2.54. The number of esters is 1. The summed E-state index contributed by atoms with van der Waals surface area (Å²) in [6.45, 7) is 0. The lowest BCUT2D eigenvalue weighted by molar-refractivity contribution is -0.394. The molecule has 0 N–H and O–H groups in total. The molecule has 0 amide bonds. The first-order valence-corrected chi connectivity index (χ1v) is 9.71. The predicted molar refractivity (Wildman–Crippen MR) is 99.9 cm³/mol. The second-order valence-corrected chi connectivity index (χ2v) is 8.16. The average molecular weight is 386 g/mol. The van der Waals surface area contributed by atoms with E-state index in [1.165, 1.54) is 12.8 Å². The number of nitro groups is 2. The maximum Gasteiger partial charge on any atom is 0.339 e. The van der Waals surface area contributed by atoms with Crippen molar-refractivity contribution in [1.82, 2.24) is 0 Å². The molecule has 8 nitrogen and oxygen atoms in total. The largest absolute Gasteiger partial charge is 0.454 e. The van der Waals surface area contributed by atoms with Crippen molar-refractivity contribution in [2.75, 3.05) is 0 Å². The van der Waals surface area contributed by atoms with Crippen LogP contribution in [0.15, 0.2) is 30.4 Å². The van der Waals surface area contributed by atoms with Crippen molar-refractivity contribution in [3.63, 3.8) is 0 Å². The fourth-order valence-electron chi connectivity index (χ4n) is 5.62. The molecular formula is C20H22N2O6. The van der Waals surface area contributed by atoms with Crippen molar-refractivity contribution in [2.45, 2.75) is 57.5 Å². The van der Waals surface area contributed by atoms with Gasteiger partial charge in [0.2, 0.25) is 0 Å². The molecule has 0 aromatic heterocycles. The van der Waals surface area contributed by atoms with Gasteiger partial charge in [0.1, 0.15) is 6.10 Å². The van der Waals surface area contributed by atoms with Gasteiger partial charge in [-0.25, -0.2) is 4.79 Å². The SMILES string of the molecule is O=C(O[C@@H]1C=CC23CCCCC12CCCC3)c1cc([N+](=O)[O-])cc([N+](=O)[O-])c1. The number of carbonyl (C=O) groups is 1. The first-order chi connectivity index (χ1) is 13.4. The van der Waals surface area contributed by atoms with Gasteiger partial charge in [0, 0.05) is 17.5 Å². The van der Waals surface area contributed by atoms with Gasteiger partial charge in [-0.2, -0.15) is 0 Å². The van der Waals surface area contributed by atoms with Crippen LogP contribution < -0.4 is 0 Å². The highest BCUT2D eigenvalue weighted by Gasteiger charge is 2.59. The molecule has 0 bridgehead atoms. The summed E-state index contributed by atoms with van der Waals surface area (Å²) < 4.78 is 5.82. The van der Waals surface area contributed by atoms with Crippen molar-refractivity contribution < 1.29 is 19.4 Å². The maximum absolute atomic E-state index is 12.8. The minimum Gasteiger partial charge on any atom is -0.454 e. The molecule has 4 rings (SSSR count). The van der Waals surface area contributed by atoms with Crippen molar-refractivity contribution in [2.24, 2.45) is 10.8 Å². The molecule has 0 saturated heterocycles. The molecule has 1 aromatic rings. The van der Waals surface area contributed by atoms with Crippen LogP contribution in [0.25, 0.3) is 0 Å². The Balaban J connectivity index is 1.63. The van der Waals surface area contributed by atoms with Crippen molar-refractivity contribution >= 4 is 17.3 Å². The third-order valence-corrected chi connectivity index (χ3v) is 6.91. The van der Waals surface area contributed by atoms with Gasteiger partial charge in [-0.1, -0.05) is 31.8 Å². The molecule has 0 radical (unpaired) electrons. The summed E-state index contributed by atoms with van der Waals surface area (Å²) in [5.74, 6) is -0.747. The minimum absolute atomic E-state index is 0.0725. The highest BCUT2D eigenvalue weighted by molar-refractivity contribution is 5.91. The van der Waals surface area contributed by atoms with Gasteiger partial charge < -0.3 is 4.74 Å². The zero-order valence-corrected chi connectivity index (χ0v) is 15.5. The number of nitro benzene ring substituents is 2. The normalized spacial score (nSPS) is 30.9. The summed E-state index contributed by atoms with van der Waals surface area (Å²) in [5.41, 5.74) is -1.18. The van der Waals surface area contributed by atoms with Crippen molar-refractivity contribution in [3.05, 3.63) is 56.1 Å². The highest BCUT2D eigenvalue weighted by atomic mass is 16.6. The Labute approximate surface area is 161 Å². The molecule has 2 fully saturated rings. The average Bonchev–Trinajstić information content (AvgIpc) is 3.02. The fourth-order valence-corrected chi connectivity index (χ4v) is 5.62. The van der Waals surface area contributed by atoms with Crippen molar-refractivity contribution in [1.29, 1.82) is 0 Å². The van der Waals surface area contributed by atoms with E-state index in [-0.39, 0.29) is 22.5 Å². The van der Waals surface area contributed by atoms with Crippen LogP contribution in [-0.4, -0.2) is 21.9 Å². The van der Waals surface area contributed by atoms with E-state index in [0.29, 0.717) is 0 Å². The number of rotatable bonds is 4. The van der Waals surface area contributed by atoms with Gasteiger partial charge >= 0.3 is 5.97 Å². The second-order valence-electron chi connectivity index (χ2n) is 8.16. The predicted octanol–water partition coefficient (Wildman–Crippen LogP) is 4.72. The molecule has 1 aromatic carbocycles. The number of non-ortho nitro benzene ring substituents is 2. The Morgan fingerprint density at radius 3 is 2.00 bits per heavy atom. The van der Waals surface area contributed by atoms with E-state index in [0.717, 1.165) is 56.7 Å². The van der Waals surface area contributed by atoms with E-state index in [1.807, 2.05) is 6.08 Å². The van der Waals surface area contributed by atoms with E-state index in [1.54, 1.807) is 0 Å². The van der Waals surface area contributed by atoms with E-state index in [2.05, 4.69) is 6.08 Å². The molecule has 1 atom stereocenters. The molecule has 3 aliphatic carbocycles. The topological polar surface area (TPSA) is 113 Å². The van der Waals surface area contributed by atoms with Gasteiger partial charge in [-0.05, 0) is 37.2 Å². The number of hydrogen-bond acceptors (Lipinski definition) is 6. The zero-order valence-electron chi connectivity index (χ0n) is 15.5. The molecule has 148 valence electrons. The Kier molecular flexibility index (Phi) is 4.44. The van der Waals surface area contributed by atoms with Crippen molar-refractivity contribution in [3.8, 4) is 0 Å². The standard InChI is InChI=1S/C20H22N2O6/c23-18(14-11-15(21(24)25)13-16(12-14)22(26)27)28-17-5-10-19-6-1-3-8-20(17,19)9-4-2-7-19/h5,10-13,17H,1-4,6-9H2/t17-,19?,20?/m1/s1. The summed E-state index contributed by atoms with van der Waals surface area (Å²) in [6.07, 6.45) is 12.5. The Hall–Kier alpha value is -2.77. The van der Waals surface area contributed by atoms with Crippen LogP contribution in [-0.2, 0) is 4.74 Å².